The summed E-state index contributed by atoms with van der Waals surface area (Å²) in [5, 5.41) is 3.57. The van der Waals surface area contributed by atoms with Crippen molar-refractivity contribution in [3.8, 4) is 5.75 Å². The van der Waals surface area contributed by atoms with Crippen LogP contribution in [0.5, 0.6) is 5.75 Å². The van der Waals surface area contributed by atoms with E-state index in [0.717, 1.165) is 30.2 Å². The van der Waals surface area contributed by atoms with Gasteiger partial charge in [0.25, 0.3) is 0 Å². The van der Waals surface area contributed by atoms with Gasteiger partial charge in [-0.15, -0.1) is 0 Å². The van der Waals surface area contributed by atoms with Crippen LogP contribution in [-0.2, 0) is 9.53 Å². The molecular formula is C19H21ClN2O3. The first-order chi connectivity index (χ1) is 12.2. The summed E-state index contributed by atoms with van der Waals surface area (Å²) >= 11 is 6.37. The maximum Gasteiger partial charge on any atom is 0.227 e. The zero-order chi connectivity index (χ0) is 17.5. The van der Waals surface area contributed by atoms with E-state index in [2.05, 4.69) is 10.2 Å². The van der Waals surface area contributed by atoms with Crippen LogP contribution in [0.3, 0.4) is 0 Å². The Hall–Kier alpha value is -2.24. The predicted molar refractivity (Wildman–Crippen MR) is 99.7 cm³/mol. The minimum Gasteiger partial charge on any atom is -0.493 e. The Morgan fingerprint density at radius 2 is 1.88 bits per heavy atom. The third-order valence-electron chi connectivity index (χ3n) is 3.93. The molecule has 2 aromatic rings. The number of nitrogens with one attached hydrogen (secondary N) is 1. The van der Waals surface area contributed by atoms with Gasteiger partial charge in [0.1, 0.15) is 5.75 Å². The lowest BCUT2D eigenvalue weighted by molar-refractivity contribution is -0.116. The zero-order valence-corrected chi connectivity index (χ0v) is 14.7. The lowest BCUT2D eigenvalue weighted by Gasteiger charge is -2.31. The summed E-state index contributed by atoms with van der Waals surface area (Å²) in [6.45, 7) is 3.14. The van der Waals surface area contributed by atoms with Crippen molar-refractivity contribution in [3.05, 3.63) is 53.6 Å². The Kier molecular flexibility index (Phi) is 6.14. The molecular weight excluding hydrogens is 340 g/mol. The van der Waals surface area contributed by atoms with Gasteiger partial charge in [-0.25, -0.2) is 0 Å². The van der Waals surface area contributed by atoms with E-state index in [1.807, 2.05) is 48.5 Å². The summed E-state index contributed by atoms with van der Waals surface area (Å²) in [7, 11) is 0. The first-order valence-electron chi connectivity index (χ1n) is 8.33. The quantitative estimate of drug-likeness (QED) is 0.855. The number of rotatable bonds is 6. The summed E-state index contributed by atoms with van der Waals surface area (Å²) in [6.07, 6.45) is 0.268. The van der Waals surface area contributed by atoms with Crippen molar-refractivity contribution in [2.24, 2.45) is 0 Å². The third-order valence-corrected chi connectivity index (χ3v) is 4.23. The SMILES string of the molecule is O=C(CCOc1ccccc1)Nc1cccc(Cl)c1N1CCOCC1. The van der Waals surface area contributed by atoms with Gasteiger partial charge >= 0.3 is 0 Å². The van der Waals surface area contributed by atoms with E-state index >= 15 is 0 Å². The Labute approximate surface area is 152 Å². The normalized spacial score (nSPS) is 14.2. The van der Waals surface area contributed by atoms with E-state index in [9.17, 15) is 4.79 Å². The van der Waals surface area contributed by atoms with Crippen LogP contribution in [0.4, 0.5) is 11.4 Å². The van der Waals surface area contributed by atoms with Crippen LogP contribution in [0.1, 0.15) is 6.42 Å². The van der Waals surface area contributed by atoms with Gasteiger partial charge in [0.05, 0.1) is 42.6 Å². The Morgan fingerprint density at radius 3 is 2.64 bits per heavy atom. The molecule has 6 heteroatoms. The molecule has 0 aliphatic carbocycles. The van der Waals surface area contributed by atoms with Crippen LogP contribution in [0, 0.1) is 0 Å². The number of halogens is 1. The fraction of sp³-hybridized carbons (Fsp3) is 0.316. The molecule has 0 spiro atoms. The number of benzene rings is 2. The van der Waals surface area contributed by atoms with Gasteiger partial charge < -0.3 is 19.7 Å². The monoisotopic (exact) mass is 360 g/mol. The Balaban J connectivity index is 1.60. The molecule has 1 N–H and O–H groups in total. The second-order valence-corrected chi connectivity index (χ2v) is 6.10. The molecule has 0 saturated carbocycles. The fourth-order valence-electron chi connectivity index (χ4n) is 2.72. The third kappa shape index (κ3) is 4.87. The molecule has 2 aromatic carbocycles. The van der Waals surface area contributed by atoms with Gasteiger partial charge in [-0.2, -0.15) is 0 Å². The zero-order valence-electron chi connectivity index (χ0n) is 13.9. The summed E-state index contributed by atoms with van der Waals surface area (Å²) in [5.74, 6) is 0.653. The van der Waals surface area contributed by atoms with Crippen molar-refractivity contribution < 1.29 is 14.3 Å². The molecule has 1 aliphatic rings. The lowest BCUT2D eigenvalue weighted by atomic mass is 10.2. The molecule has 0 aromatic heterocycles. The molecule has 1 fully saturated rings. The standard InChI is InChI=1S/C19H21ClN2O3/c20-16-7-4-8-17(19(16)22-10-13-24-14-11-22)21-18(23)9-12-25-15-5-2-1-3-6-15/h1-8H,9-14H2,(H,21,23). The lowest BCUT2D eigenvalue weighted by Crippen LogP contribution is -2.37. The molecule has 1 amide bonds. The van der Waals surface area contributed by atoms with Gasteiger partial charge in [-0.3, -0.25) is 4.79 Å². The first kappa shape index (κ1) is 17.6. The first-order valence-corrected chi connectivity index (χ1v) is 8.71. The van der Waals surface area contributed by atoms with Crippen molar-refractivity contribution >= 4 is 28.9 Å². The van der Waals surface area contributed by atoms with Crippen molar-refractivity contribution in [2.45, 2.75) is 6.42 Å². The van der Waals surface area contributed by atoms with Crippen LogP contribution >= 0.6 is 11.6 Å². The Morgan fingerprint density at radius 1 is 1.12 bits per heavy atom. The average Bonchev–Trinajstić information content (AvgIpc) is 2.63. The van der Waals surface area contributed by atoms with Crippen molar-refractivity contribution in [1.29, 1.82) is 0 Å². The molecule has 25 heavy (non-hydrogen) atoms. The van der Waals surface area contributed by atoms with Gasteiger partial charge in [0, 0.05) is 13.1 Å². The van der Waals surface area contributed by atoms with E-state index < -0.39 is 0 Å². The molecule has 0 bridgehead atoms. The number of hydrogen-bond donors (Lipinski definition) is 1. The molecule has 132 valence electrons. The Bertz CT molecular complexity index is 703. The second kappa shape index (κ2) is 8.74. The van der Waals surface area contributed by atoms with E-state index in [4.69, 9.17) is 21.1 Å². The number of ether oxygens (including phenoxy) is 2. The van der Waals surface area contributed by atoms with Crippen LogP contribution in [0.25, 0.3) is 0 Å². The number of morpholine rings is 1. The van der Waals surface area contributed by atoms with E-state index in [-0.39, 0.29) is 12.3 Å². The number of anilines is 2. The largest absolute Gasteiger partial charge is 0.493 e. The van der Waals surface area contributed by atoms with E-state index in [1.54, 1.807) is 0 Å². The van der Waals surface area contributed by atoms with Gasteiger partial charge in [0.2, 0.25) is 5.91 Å². The topological polar surface area (TPSA) is 50.8 Å². The van der Waals surface area contributed by atoms with Gasteiger partial charge in [0.15, 0.2) is 0 Å². The molecule has 5 nitrogen and oxygen atoms in total. The minimum absolute atomic E-state index is 0.104. The van der Waals surface area contributed by atoms with Crippen LogP contribution < -0.4 is 15.0 Å². The summed E-state index contributed by atoms with van der Waals surface area (Å²) in [4.78, 5) is 14.4. The molecule has 1 aliphatic heterocycles. The highest BCUT2D eigenvalue weighted by molar-refractivity contribution is 6.34. The van der Waals surface area contributed by atoms with Crippen LogP contribution in [-0.4, -0.2) is 38.8 Å². The summed E-state index contributed by atoms with van der Waals surface area (Å²) in [6, 6.07) is 15.0. The fourth-order valence-corrected chi connectivity index (χ4v) is 3.01. The van der Waals surface area contributed by atoms with Crippen LogP contribution in [0.15, 0.2) is 48.5 Å². The number of hydrogen-bond acceptors (Lipinski definition) is 4. The summed E-state index contributed by atoms with van der Waals surface area (Å²) in [5.41, 5.74) is 1.57. The highest BCUT2D eigenvalue weighted by Crippen LogP contribution is 2.34. The average molecular weight is 361 g/mol. The molecule has 1 saturated heterocycles. The highest BCUT2D eigenvalue weighted by atomic mass is 35.5. The number of nitrogens with zero attached hydrogens (tertiary/aromatic N) is 1. The van der Waals surface area contributed by atoms with Crippen LogP contribution in [0.2, 0.25) is 5.02 Å². The van der Waals surface area contributed by atoms with Gasteiger partial charge in [-0.05, 0) is 24.3 Å². The molecule has 0 radical (unpaired) electrons. The van der Waals surface area contributed by atoms with E-state index in [1.165, 1.54) is 0 Å². The number of para-hydroxylation sites is 2. The molecule has 0 atom stereocenters. The number of carbonyl (C=O) groups excluding carboxylic acids is 1. The maximum atomic E-state index is 12.3. The van der Waals surface area contributed by atoms with Gasteiger partial charge in [-0.1, -0.05) is 35.9 Å². The predicted octanol–water partition coefficient (Wildman–Crippen LogP) is 3.58. The number of amides is 1. The smallest absolute Gasteiger partial charge is 0.227 e. The van der Waals surface area contributed by atoms with Crippen molar-refractivity contribution in [1.82, 2.24) is 0 Å². The molecule has 0 unspecified atom stereocenters. The summed E-state index contributed by atoms with van der Waals surface area (Å²) < 4.78 is 11.0. The van der Waals surface area contributed by atoms with E-state index in [0.29, 0.717) is 24.8 Å². The second-order valence-electron chi connectivity index (χ2n) is 5.70. The minimum atomic E-state index is -0.104. The number of carbonyl (C=O) groups is 1. The van der Waals surface area contributed by atoms with Crippen molar-refractivity contribution in [3.63, 3.8) is 0 Å². The molecule has 3 rings (SSSR count). The highest BCUT2D eigenvalue weighted by Gasteiger charge is 2.19. The van der Waals surface area contributed by atoms with Crippen molar-refractivity contribution in [2.75, 3.05) is 43.1 Å². The molecule has 1 heterocycles. The maximum absolute atomic E-state index is 12.3.